The van der Waals surface area contributed by atoms with Crippen LogP contribution in [-0.4, -0.2) is 54.8 Å². The molecule has 2 radical (unpaired) electrons. The summed E-state index contributed by atoms with van der Waals surface area (Å²) in [7, 11) is 8.11. The second kappa shape index (κ2) is 7.92. The Balaban J connectivity index is 2.10. The minimum absolute atomic E-state index is 0.0324. The van der Waals surface area contributed by atoms with Gasteiger partial charge < -0.3 is 30.7 Å². The number of anilines is 2. The third-order valence-corrected chi connectivity index (χ3v) is 5.72. The number of benzene rings is 2. The topological polar surface area (TPSA) is 121 Å². The number of carboxylic acids is 1. The number of hydrogen-bond acceptors (Lipinski definition) is 6. The van der Waals surface area contributed by atoms with Gasteiger partial charge in [0.05, 0.1) is 29.2 Å². The molecular weight excluding hydrogens is 421 g/mol. The Morgan fingerprint density at radius 3 is 2.56 bits per heavy atom. The lowest BCUT2D eigenvalue weighted by Gasteiger charge is -2.42. The number of aliphatic hydroxyl groups is 1. The fourth-order valence-corrected chi connectivity index (χ4v) is 3.96. The van der Waals surface area contributed by atoms with Crippen molar-refractivity contribution >= 4 is 41.6 Å². The minimum Gasteiger partial charge on any atom is -0.477 e. The first-order valence-corrected chi connectivity index (χ1v) is 9.69. The van der Waals surface area contributed by atoms with Gasteiger partial charge in [0.25, 0.3) is 0 Å². The Morgan fingerprint density at radius 1 is 1.28 bits per heavy atom. The predicted octanol–water partition coefficient (Wildman–Crippen LogP) is 0.243. The van der Waals surface area contributed by atoms with Crippen LogP contribution in [0.5, 0.6) is 0 Å². The Bertz CT molecular complexity index is 1320. The largest absolute Gasteiger partial charge is 0.477 e. The molecule has 1 aliphatic rings. The average molecular weight is 440 g/mol. The van der Waals surface area contributed by atoms with E-state index in [9.17, 15) is 24.2 Å². The van der Waals surface area contributed by atoms with E-state index >= 15 is 4.39 Å². The van der Waals surface area contributed by atoms with Gasteiger partial charge in [-0.3, -0.25) is 4.79 Å². The summed E-state index contributed by atoms with van der Waals surface area (Å²) in [5.41, 5.74) is 4.07. The van der Waals surface area contributed by atoms with Gasteiger partial charge in [-0.15, -0.1) is 0 Å². The van der Waals surface area contributed by atoms with Crippen LogP contribution in [0.25, 0.3) is 16.6 Å². The summed E-state index contributed by atoms with van der Waals surface area (Å²) in [6, 6.07) is 3.28. The molecule has 0 amide bonds. The predicted molar refractivity (Wildman–Crippen MR) is 117 cm³/mol. The van der Waals surface area contributed by atoms with Crippen LogP contribution in [0.2, 0.25) is 0 Å². The summed E-state index contributed by atoms with van der Waals surface area (Å²) in [6.45, 7) is 0.352. The third-order valence-electron chi connectivity index (χ3n) is 5.72. The normalized spacial score (nSPS) is 14.1. The van der Waals surface area contributed by atoms with E-state index in [1.165, 1.54) is 10.6 Å². The van der Waals surface area contributed by atoms with Crippen LogP contribution >= 0.6 is 0 Å². The van der Waals surface area contributed by atoms with Crippen molar-refractivity contribution in [3.8, 4) is 5.69 Å². The molecule has 3 aromatic rings. The van der Waals surface area contributed by atoms with Gasteiger partial charge in [-0.05, 0) is 30.7 Å². The van der Waals surface area contributed by atoms with Crippen LogP contribution in [0.15, 0.2) is 29.2 Å². The van der Waals surface area contributed by atoms with Crippen molar-refractivity contribution in [2.24, 2.45) is 0 Å². The standard InChI is InChI=1S/C21H19BF2N4O4/c1-26-10-5-27(6-10)19-14(24)3-11-18(17(19)22)28(7-12(20(11)30)21(31)32)16-4-15(25)13(23)2-9(16)8-29/h2-4,7,10,26,29H,5-6,8,25H2,1H3,(H,31,32). The fourth-order valence-electron chi connectivity index (χ4n) is 3.96. The highest BCUT2D eigenvalue weighted by Gasteiger charge is 2.30. The zero-order chi connectivity index (χ0) is 23.3. The van der Waals surface area contributed by atoms with Crippen molar-refractivity contribution in [3.05, 3.63) is 57.4 Å². The van der Waals surface area contributed by atoms with Crippen molar-refractivity contribution in [1.29, 1.82) is 0 Å². The van der Waals surface area contributed by atoms with Crippen LogP contribution in [0.4, 0.5) is 20.2 Å². The van der Waals surface area contributed by atoms with Crippen molar-refractivity contribution < 1.29 is 23.8 Å². The minimum atomic E-state index is -1.53. The molecule has 2 heterocycles. The number of fused-ring (bicyclic) bond motifs is 1. The van der Waals surface area contributed by atoms with Gasteiger partial charge in [0.2, 0.25) is 5.43 Å². The van der Waals surface area contributed by atoms with Crippen molar-refractivity contribution in [2.45, 2.75) is 12.6 Å². The molecule has 0 bridgehead atoms. The molecule has 0 saturated carbocycles. The number of nitrogen functional groups attached to an aromatic ring is 1. The van der Waals surface area contributed by atoms with Crippen molar-refractivity contribution in [2.75, 3.05) is 30.8 Å². The van der Waals surface area contributed by atoms with Gasteiger partial charge in [0, 0.05) is 36.3 Å². The van der Waals surface area contributed by atoms with Gasteiger partial charge in [-0.25, -0.2) is 13.6 Å². The number of aliphatic hydroxyl groups excluding tert-OH is 1. The molecule has 1 saturated heterocycles. The highest BCUT2D eigenvalue weighted by molar-refractivity contribution is 6.42. The lowest BCUT2D eigenvalue weighted by atomic mass is 9.87. The second-order valence-electron chi connectivity index (χ2n) is 7.62. The van der Waals surface area contributed by atoms with E-state index in [-0.39, 0.29) is 45.0 Å². The number of nitrogens with two attached hydrogens (primary N) is 1. The molecule has 1 aromatic heterocycles. The van der Waals surface area contributed by atoms with Gasteiger partial charge in [0.15, 0.2) is 0 Å². The maximum absolute atomic E-state index is 15.0. The van der Waals surface area contributed by atoms with E-state index in [1.807, 2.05) is 0 Å². The molecular formula is C21H19BF2N4O4. The lowest BCUT2D eigenvalue weighted by molar-refractivity contribution is 0.0695. The molecule has 4 rings (SSSR count). The van der Waals surface area contributed by atoms with Crippen LogP contribution < -0.4 is 26.8 Å². The van der Waals surface area contributed by atoms with Crippen molar-refractivity contribution in [3.63, 3.8) is 0 Å². The Labute approximate surface area is 182 Å². The number of halogens is 2. The fraction of sp³-hybridized carbons (Fsp3) is 0.238. The van der Waals surface area contributed by atoms with Crippen LogP contribution in [-0.2, 0) is 6.61 Å². The molecule has 0 spiro atoms. The third kappa shape index (κ3) is 3.30. The van der Waals surface area contributed by atoms with Gasteiger partial charge in [0.1, 0.15) is 25.0 Å². The number of nitrogens with zero attached hydrogens (tertiary/aromatic N) is 2. The second-order valence-corrected chi connectivity index (χ2v) is 7.62. The quantitative estimate of drug-likeness (QED) is 0.332. The maximum Gasteiger partial charge on any atom is 0.341 e. The van der Waals surface area contributed by atoms with E-state index in [2.05, 4.69) is 5.32 Å². The zero-order valence-corrected chi connectivity index (χ0v) is 17.0. The monoisotopic (exact) mass is 440 g/mol. The van der Waals surface area contributed by atoms with Crippen LogP contribution in [0, 0.1) is 11.6 Å². The molecule has 0 unspecified atom stereocenters. The summed E-state index contributed by atoms with van der Waals surface area (Å²) >= 11 is 0. The average Bonchev–Trinajstić information content (AvgIpc) is 2.71. The molecule has 5 N–H and O–H groups in total. The number of aromatic nitrogens is 1. The first-order chi connectivity index (χ1) is 15.2. The number of rotatable bonds is 5. The summed E-state index contributed by atoms with van der Waals surface area (Å²) in [5.74, 6) is -3.08. The van der Waals surface area contributed by atoms with Crippen molar-refractivity contribution in [1.82, 2.24) is 9.88 Å². The van der Waals surface area contributed by atoms with Crippen LogP contribution in [0.1, 0.15) is 15.9 Å². The smallest absolute Gasteiger partial charge is 0.341 e. The van der Waals surface area contributed by atoms with E-state index in [4.69, 9.17) is 13.6 Å². The Hall–Kier alpha value is -3.44. The number of nitrogens with one attached hydrogen (secondary N) is 1. The summed E-state index contributed by atoms with van der Waals surface area (Å²) in [5, 5.41) is 22.1. The lowest BCUT2D eigenvalue weighted by Crippen LogP contribution is -2.58. The van der Waals surface area contributed by atoms with Gasteiger partial charge in [-0.1, -0.05) is 0 Å². The molecule has 1 aliphatic heterocycles. The first kappa shape index (κ1) is 21.8. The Morgan fingerprint density at radius 2 is 1.97 bits per heavy atom. The molecule has 11 heteroatoms. The van der Waals surface area contributed by atoms with E-state index in [0.29, 0.717) is 13.1 Å². The van der Waals surface area contributed by atoms with E-state index in [0.717, 1.165) is 18.3 Å². The number of aromatic carboxylic acids is 1. The number of hydrogen-bond donors (Lipinski definition) is 4. The Kier molecular flexibility index (Phi) is 5.39. The van der Waals surface area contributed by atoms with Gasteiger partial charge >= 0.3 is 5.97 Å². The van der Waals surface area contributed by atoms with E-state index in [1.54, 1.807) is 11.9 Å². The first-order valence-electron chi connectivity index (χ1n) is 9.69. The number of pyridine rings is 1. The van der Waals surface area contributed by atoms with E-state index < -0.39 is 35.2 Å². The molecule has 32 heavy (non-hydrogen) atoms. The van der Waals surface area contributed by atoms with Gasteiger partial charge in [-0.2, -0.15) is 0 Å². The summed E-state index contributed by atoms with van der Waals surface area (Å²) in [6.07, 6.45) is 1.02. The highest BCUT2D eigenvalue weighted by atomic mass is 19.1. The van der Waals surface area contributed by atoms with Crippen LogP contribution in [0.3, 0.4) is 0 Å². The number of likely N-dealkylation sites (N-methyl/N-ethyl adjacent to an activating group) is 1. The molecule has 1 fully saturated rings. The summed E-state index contributed by atoms with van der Waals surface area (Å²) in [4.78, 5) is 26.2. The molecule has 8 nitrogen and oxygen atoms in total. The molecule has 2 aromatic carbocycles. The number of carboxylic acid groups (broad SMARTS) is 1. The molecule has 164 valence electrons. The summed E-state index contributed by atoms with van der Waals surface area (Å²) < 4.78 is 30.3. The SMILES string of the molecule is [B]c1c(N2CC(NC)C2)c(F)cc2c(=O)c(C(=O)O)cn(-c3cc(N)c(F)cc3CO)c12. The molecule has 0 aliphatic carbocycles. The highest BCUT2D eigenvalue weighted by Crippen LogP contribution is 2.29. The number of carbonyl (C=O) groups is 1. The zero-order valence-electron chi connectivity index (χ0n) is 17.0. The molecule has 0 atom stereocenters. The maximum atomic E-state index is 15.0.